The number of carbonyl (C=O) groups excluding carboxylic acids is 3. The molecule has 2 aromatic carbocycles. The average molecular weight is 423 g/mol. The maximum Gasteiger partial charge on any atom is 0.255 e. The molecule has 3 aromatic rings. The van der Waals surface area contributed by atoms with Crippen LogP contribution in [0.3, 0.4) is 0 Å². The van der Waals surface area contributed by atoms with E-state index in [0.717, 1.165) is 6.42 Å². The monoisotopic (exact) mass is 422 g/mol. The topological polar surface area (TPSA) is 84.3 Å². The van der Waals surface area contributed by atoms with Crippen molar-refractivity contribution in [2.75, 3.05) is 16.8 Å². The van der Waals surface area contributed by atoms with Crippen molar-refractivity contribution in [3.8, 4) is 0 Å². The molecule has 2 heterocycles. The lowest BCUT2D eigenvalue weighted by Gasteiger charge is -2.18. The Balaban J connectivity index is 1.50. The zero-order valence-electron chi connectivity index (χ0n) is 16.3. The summed E-state index contributed by atoms with van der Waals surface area (Å²) in [6, 6.07) is 11.5. The van der Waals surface area contributed by atoms with Crippen LogP contribution in [0.5, 0.6) is 0 Å². The molecule has 1 saturated heterocycles. The van der Waals surface area contributed by atoms with E-state index in [0.29, 0.717) is 46.3 Å². The van der Waals surface area contributed by atoms with E-state index < -0.39 is 0 Å². The van der Waals surface area contributed by atoms with Crippen LogP contribution in [0.15, 0.2) is 54.9 Å². The summed E-state index contributed by atoms with van der Waals surface area (Å²) in [6.07, 6.45) is 4.53. The zero-order chi connectivity index (χ0) is 21.3. The predicted octanol–water partition coefficient (Wildman–Crippen LogP) is 3.68. The Morgan fingerprint density at radius 1 is 1.10 bits per heavy atom. The minimum Gasteiger partial charge on any atom is -0.331 e. The summed E-state index contributed by atoms with van der Waals surface area (Å²) in [4.78, 5) is 42.9. The number of imidazole rings is 1. The molecule has 0 bridgehead atoms. The van der Waals surface area contributed by atoms with Crippen LogP contribution in [-0.4, -0.2) is 33.7 Å². The summed E-state index contributed by atoms with van der Waals surface area (Å²) in [5.41, 5.74) is 1.96. The van der Waals surface area contributed by atoms with E-state index in [1.165, 1.54) is 0 Å². The van der Waals surface area contributed by atoms with Crippen molar-refractivity contribution in [3.63, 3.8) is 0 Å². The lowest BCUT2D eigenvalue weighted by atomic mass is 10.1. The van der Waals surface area contributed by atoms with E-state index in [1.807, 2.05) is 0 Å². The Kier molecular flexibility index (Phi) is 5.37. The van der Waals surface area contributed by atoms with Crippen LogP contribution < -0.4 is 10.2 Å². The van der Waals surface area contributed by atoms with Gasteiger partial charge in [0.1, 0.15) is 0 Å². The molecule has 0 radical (unpaired) electrons. The van der Waals surface area contributed by atoms with Gasteiger partial charge in [-0.2, -0.15) is 0 Å². The fourth-order valence-corrected chi connectivity index (χ4v) is 3.60. The number of nitrogens with one attached hydrogen (secondary N) is 1. The van der Waals surface area contributed by atoms with Gasteiger partial charge < -0.3 is 14.8 Å². The lowest BCUT2D eigenvalue weighted by Crippen LogP contribution is -2.24. The first-order chi connectivity index (χ1) is 14.4. The average Bonchev–Trinajstić information content (AvgIpc) is 3.36. The van der Waals surface area contributed by atoms with E-state index >= 15 is 0 Å². The molecular formula is C22H19ClN4O3. The number of rotatable bonds is 5. The van der Waals surface area contributed by atoms with E-state index in [-0.39, 0.29) is 17.6 Å². The molecule has 0 spiro atoms. The molecule has 1 N–H and O–H groups in total. The van der Waals surface area contributed by atoms with Crippen LogP contribution in [0.1, 0.15) is 39.4 Å². The minimum atomic E-state index is -0.331. The number of hydrogen-bond donors (Lipinski definition) is 1. The lowest BCUT2D eigenvalue weighted by molar-refractivity contribution is -0.117. The molecule has 0 atom stereocenters. The second kappa shape index (κ2) is 8.12. The number of aryl methyl sites for hydroxylation is 1. The van der Waals surface area contributed by atoms with Crippen molar-refractivity contribution in [1.29, 1.82) is 0 Å². The molecule has 1 aliphatic rings. The maximum absolute atomic E-state index is 12.7. The van der Waals surface area contributed by atoms with Gasteiger partial charge in [-0.05, 0) is 48.9 Å². The fourth-order valence-electron chi connectivity index (χ4n) is 3.39. The third-order valence-corrected chi connectivity index (χ3v) is 5.32. The number of benzene rings is 2. The van der Waals surface area contributed by atoms with E-state index in [4.69, 9.17) is 11.6 Å². The largest absolute Gasteiger partial charge is 0.331 e. The highest BCUT2D eigenvalue weighted by Crippen LogP contribution is 2.30. The van der Waals surface area contributed by atoms with Crippen LogP contribution in [0.2, 0.25) is 5.02 Å². The molecule has 1 aromatic heterocycles. The molecule has 0 unspecified atom stereocenters. The van der Waals surface area contributed by atoms with Gasteiger partial charge in [-0.3, -0.25) is 14.4 Å². The van der Waals surface area contributed by atoms with E-state index in [2.05, 4.69) is 10.3 Å². The maximum atomic E-state index is 12.7. The van der Waals surface area contributed by atoms with Gasteiger partial charge in [0.05, 0.1) is 10.7 Å². The number of amides is 2. The number of hydrogen-bond acceptors (Lipinski definition) is 4. The second-order valence-corrected chi connectivity index (χ2v) is 7.44. The summed E-state index contributed by atoms with van der Waals surface area (Å²) in [5, 5.41) is 3.23. The van der Waals surface area contributed by atoms with Crippen molar-refractivity contribution >= 4 is 40.6 Å². The summed E-state index contributed by atoms with van der Waals surface area (Å²) < 4.78 is 1.65. The minimum absolute atomic E-state index is 0.00225. The Morgan fingerprint density at radius 2 is 1.83 bits per heavy atom. The van der Waals surface area contributed by atoms with Crippen LogP contribution in [-0.2, 0) is 11.8 Å². The van der Waals surface area contributed by atoms with Gasteiger partial charge in [0.25, 0.3) is 5.91 Å². The number of ketones is 1. The van der Waals surface area contributed by atoms with Gasteiger partial charge in [-0.1, -0.05) is 11.6 Å². The predicted molar refractivity (Wildman–Crippen MR) is 114 cm³/mol. The normalized spacial score (nSPS) is 13.5. The van der Waals surface area contributed by atoms with Gasteiger partial charge >= 0.3 is 0 Å². The molecular weight excluding hydrogens is 404 g/mol. The van der Waals surface area contributed by atoms with Crippen molar-refractivity contribution in [2.24, 2.45) is 7.05 Å². The van der Waals surface area contributed by atoms with Crippen LogP contribution in [0.25, 0.3) is 0 Å². The van der Waals surface area contributed by atoms with Crippen molar-refractivity contribution in [1.82, 2.24) is 9.55 Å². The van der Waals surface area contributed by atoms with Crippen molar-refractivity contribution < 1.29 is 14.4 Å². The van der Waals surface area contributed by atoms with Crippen LogP contribution in [0, 0.1) is 0 Å². The number of carbonyl (C=O) groups is 3. The summed E-state index contributed by atoms with van der Waals surface area (Å²) >= 11 is 6.24. The standard InChI is InChI=1S/C22H19ClN4O3/c1-26-12-10-24-21(26)20(29)14-4-7-16(8-5-14)25-22(30)15-6-9-17(23)18(13-15)27-11-2-3-19(27)28/h4-10,12-13H,2-3,11H2,1H3,(H,25,30). The van der Waals surface area contributed by atoms with Crippen LogP contribution >= 0.6 is 11.6 Å². The summed E-state index contributed by atoms with van der Waals surface area (Å²) in [6.45, 7) is 0.592. The number of nitrogens with zero attached hydrogens (tertiary/aromatic N) is 3. The fraction of sp³-hybridized carbons (Fsp3) is 0.182. The third kappa shape index (κ3) is 3.84. The number of aromatic nitrogens is 2. The Hall–Kier alpha value is -3.45. The number of halogens is 1. The molecule has 30 heavy (non-hydrogen) atoms. The first-order valence-corrected chi connectivity index (χ1v) is 9.85. The highest BCUT2D eigenvalue weighted by Gasteiger charge is 2.24. The highest BCUT2D eigenvalue weighted by atomic mass is 35.5. The van der Waals surface area contributed by atoms with Crippen molar-refractivity contribution in [2.45, 2.75) is 12.8 Å². The quantitative estimate of drug-likeness (QED) is 0.635. The third-order valence-electron chi connectivity index (χ3n) is 5.00. The summed E-state index contributed by atoms with van der Waals surface area (Å²) in [5.74, 6) is -0.180. The van der Waals surface area contributed by atoms with Gasteiger partial charge in [0.2, 0.25) is 11.7 Å². The SMILES string of the molecule is Cn1ccnc1C(=O)c1ccc(NC(=O)c2ccc(Cl)c(N3CCCC3=O)c2)cc1. The molecule has 0 saturated carbocycles. The first-order valence-electron chi connectivity index (χ1n) is 9.47. The molecule has 4 rings (SSSR count). The van der Waals surface area contributed by atoms with Gasteiger partial charge in [-0.15, -0.1) is 0 Å². The Labute approximate surface area is 178 Å². The summed E-state index contributed by atoms with van der Waals surface area (Å²) in [7, 11) is 1.75. The first kappa shape index (κ1) is 19.8. The van der Waals surface area contributed by atoms with Gasteiger partial charge in [0, 0.05) is 49.2 Å². The molecule has 7 nitrogen and oxygen atoms in total. The highest BCUT2D eigenvalue weighted by molar-refractivity contribution is 6.34. The second-order valence-electron chi connectivity index (χ2n) is 7.04. The Bertz CT molecular complexity index is 1140. The molecule has 1 aliphatic heterocycles. The number of anilines is 2. The zero-order valence-corrected chi connectivity index (χ0v) is 17.0. The smallest absolute Gasteiger partial charge is 0.255 e. The molecule has 152 valence electrons. The van der Waals surface area contributed by atoms with Crippen molar-refractivity contribution in [3.05, 3.63) is 76.8 Å². The van der Waals surface area contributed by atoms with Gasteiger partial charge in [-0.25, -0.2) is 4.98 Å². The molecule has 8 heteroatoms. The molecule has 1 fully saturated rings. The Morgan fingerprint density at radius 3 is 2.47 bits per heavy atom. The van der Waals surface area contributed by atoms with E-state index in [9.17, 15) is 14.4 Å². The van der Waals surface area contributed by atoms with Crippen LogP contribution in [0.4, 0.5) is 11.4 Å². The van der Waals surface area contributed by atoms with E-state index in [1.54, 1.807) is 71.4 Å². The van der Waals surface area contributed by atoms with Gasteiger partial charge in [0.15, 0.2) is 5.82 Å². The molecule has 0 aliphatic carbocycles. The molecule has 2 amide bonds.